The second kappa shape index (κ2) is 9.43. The van der Waals surface area contributed by atoms with Crippen LogP contribution in [0, 0.1) is 20.8 Å². The smallest absolute Gasteiger partial charge is 0.263 e. The van der Waals surface area contributed by atoms with E-state index in [9.17, 15) is 4.79 Å². The molecule has 0 saturated carbocycles. The standard InChI is InChI=1S/C25H25N5O2/c1-17-13-18(2)27-25(26-17)30-23(14-19(3)29-30)28-24(31)16-32-22-12-8-7-11-21(22)15-20-9-5-4-6-10-20/h4-14H,15-16H2,1-3H3,(H,28,31). The van der Waals surface area contributed by atoms with Crippen molar-refractivity contribution in [2.45, 2.75) is 27.2 Å². The van der Waals surface area contributed by atoms with E-state index in [1.807, 2.05) is 69.3 Å². The molecular formula is C25H25N5O2. The molecule has 0 saturated heterocycles. The van der Waals surface area contributed by atoms with E-state index in [0.717, 1.165) is 29.1 Å². The van der Waals surface area contributed by atoms with Crippen molar-refractivity contribution >= 4 is 11.7 Å². The molecule has 4 rings (SSSR count). The lowest BCUT2D eigenvalue weighted by Gasteiger charge is -2.12. The van der Waals surface area contributed by atoms with E-state index in [0.29, 0.717) is 17.5 Å². The Morgan fingerprint density at radius 3 is 2.34 bits per heavy atom. The highest BCUT2D eigenvalue weighted by Gasteiger charge is 2.15. The molecule has 0 aliphatic rings. The molecule has 1 N–H and O–H groups in total. The molecule has 32 heavy (non-hydrogen) atoms. The number of aryl methyl sites for hydroxylation is 3. The van der Waals surface area contributed by atoms with Gasteiger partial charge in [-0.3, -0.25) is 4.79 Å². The summed E-state index contributed by atoms with van der Waals surface area (Å²) in [6, 6.07) is 21.6. The number of nitrogens with one attached hydrogen (secondary N) is 1. The van der Waals surface area contributed by atoms with E-state index in [1.54, 1.807) is 6.07 Å². The summed E-state index contributed by atoms with van der Waals surface area (Å²) in [7, 11) is 0. The summed E-state index contributed by atoms with van der Waals surface area (Å²) in [5.41, 5.74) is 4.61. The third-order valence-corrected chi connectivity index (χ3v) is 4.83. The summed E-state index contributed by atoms with van der Waals surface area (Å²) in [6.45, 7) is 5.52. The lowest BCUT2D eigenvalue weighted by Crippen LogP contribution is -2.22. The number of ether oxygens (including phenoxy) is 1. The van der Waals surface area contributed by atoms with E-state index in [4.69, 9.17) is 4.74 Å². The molecule has 2 heterocycles. The molecule has 0 fully saturated rings. The van der Waals surface area contributed by atoms with Crippen LogP contribution in [-0.4, -0.2) is 32.3 Å². The Labute approximate surface area is 187 Å². The zero-order chi connectivity index (χ0) is 22.5. The van der Waals surface area contributed by atoms with Gasteiger partial charge in [0.15, 0.2) is 6.61 Å². The van der Waals surface area contributed by atoms with Gasteiger partial charge >= 0.3 is 0 Å². The van der Waals surface area contributed by atoms with Crippen molar-refractivity contribution in [1.82, 2.24) is 19.7 Å². The summed E-state index contributed by atoms with van der Waals surface area (Å²) in [5.74, 6) is 1.32. The zero-order valence-corrected chi connectivity index (χ0v) is 18.4. The number of carbonyl (C=O) groups is 1. The van der Waals surface area contributed by atoms with Gasteiger partial charge in [0.1, 0.15) is 11.6 Å². The maximum absolute atomic E-state index is 12.7. The van der Waals surface area contributed by atoms with E-state index in [-0.39, 0.29) is 12.5 Å². The van der Waals surface area contributed by atoms with Gasteiger partial charge in [-0.05, 0) is 44.0 Å². The average Bonchev–Trinajstić information content (AvgIpc) is 3.13. The molecule has 0 atom stereocenters. The minimum atomic E-state index is -0.287. The fourth-order valence-corrected chi connectivity index (χ4v) is 3.47. The topological polar surface area (TPSA) is 81.9 Å². The summed E-state index contributed by atoms with van der Waals surface area (Å²) in [4.78, 5) is 21.5. The quantitative estimate of drug-likeness (QED) is 0.478. The largest absolute Gasteiger partial charge is 0.483 e. The third-order valence-electron chi connectivity index (χ3n) is 4.83. The summed E-state index contributed by atoms with van der Waals surface area (Å²) >= 11 is 0. The van der Waals surface area contributed by atoms with Crippen LogP contribution in [0.2, 0.25) is 0 Å². The van der Waals surface area contributed by atoms with Crippen LogP contribution in [0.1, 0.15) is 28.2 Å². The molecule has 1 amide bonds. The lowest BCUT2D eigenvalue weighted by atomic mass is 10.0. The van der Waals surface area contributed by atoms with Gasteiger partial charge in [-0.25, -0.2) is 9.97 Å². The van der Waals surface area contributed by atoms with E-state index >= 15 is 0 Å². The first-order chi connectivity index (χ1) is 15.5. The van der Waals surface area contributed by atoms with Crippen molar-refractivity contribution < 1.29 is 9.53 Å². The zero-order valence-electron chi connectivity index (χ0n) is 18.4. The van der Waals surface area contributed by atoms with Crippen LogP contribution < -0.4 is 10.1 Å². The Morgan fingerprint density at radius 1 is 0.906 bits per heavy atom. The number of rotatable bonds is 7. The fraction of sp³-hybridized carbons (Fsp3) is 0.200. The van der Waals surface area contributed by atoms with Crippen LogP contribution in [0.25, 0.3) is 5.95 Å². The van der Waals surface area contributed by atoms with Crippen molar-refractivity contribution in [1.29, 1.82) is 0 Å². The molecule has 0 spiro atoms. The molecule has 0 bridgehead atoms. The minimum absolute atomic E-state index is 0.121. The minimum Gasteiger partial charge on any atom is -0.483 e. The molecule has 7 nitrogen and oxygen atoms in total. The van der Waals surface area contributed by atoms with Crippen molar-refractivity contribution in [2.75, 3.05) is 11.9 Å². The number of carbonyl (C=O) groups excluding carboxylic acids is 1. The van der Waals surface area contributed by atoms with Gasteiger partial charge in [0.05, 0.1) is 5.69 Å². The number of hydrogen-bond donors (Lipinski definition) is 1. The Balaban J connectivity index is 1.46. The third kappa shape index (κ3) is 5.18. The normalized spacial score (nSPS) is 10.7. The van der Waals surface area contributed by atoms with E-state index in [2.05, 4.69) is 32.5 Å². The van der Waals surface area contributed by atoms with Crippen molar-refractivity contribution in [3.05, 3.63) is 94.9 Å². The first kappa shape index (κ1) is 21.2. The molecular weight excluding hydrogens is 402 g/mol. The van der Waals surface area contributed by atoms with Gasteiger partial charge in [0.2, 0.25) is 0 Å². The van der Waals surface area contributed by atoms with Gasteiger partial charge in [-0.2, -0.15) is 9.78 Å². The van der Waals surface area contributed by atoms with Crippen LogP contribution in [0.3, 0.4) is 0 Å². The van der Waals surface area contributed by atoms with Gasteiger partial charge < -0.3 is 10.1 Å². The molecule has 2 aromatic carbocycles. The lowest BCUT2D eigenvalue weighted by molar-refractivity contribution is -0.118. The molecule has 162 valence electrons. The molecule has 0 aliphatic carbocycles. The summed E-state index contributed by atoms with van der Waals surface area (Å²) in [6.07, 6.45) is 0.731. The molecule has 0 aliphatic heterocycles. The molecule has 0 radical (unpaired) electrons. The van der Waals surface area contributed by atoms with E-state index in [1.165, 1.54) is 10.2 Å². The Bertz CT molecular complexity index is 1210. The first-order valence-electron chi connectivity index (χ1n) is 10.4. The Morgan fingerprint density at radius 2 is 1.59 bits per heavy atom. The molecule has 0 unspecified atom stereocenters. The van der Waals surface area contributed by atoms with Crippen molar-refractivity contribution in [3.8, 4) is 11.7 Å². The van der Waals surface area contributed by atoms with Crippen molar-refractivity contribution in [3.63, 3.8) is 0 Å². The second-order valence-corrected chi connectivity index (χ2v) is 7.64. The van der Waals surface area contributed by atoms with Gasteiger partial charge in [-0.15, -0.1) is 0 Å². The van der Waals surface area contributed by atoms with Crippen LogP contribution in [0.5, 0.6) is 5.75 Å². The van der Waals surface area contributed by atoms with Gasteiger partial charge in [0, 0.05) is 23.9 Å². The number of anilines is 1. The van der Waals surface area contributed by atoms with Gasteiger partial charge in [-0.1, -0.05) is 48.5 Å². The Kier molecular flexibility index (Phi) is 6.26. The summed E-state index contributed by atoms with van der Waals surface area (Å²) < 4.78 is 7.40. The van der Waals surface area contributed by atoms with Crippen LogP contribution >= 0.6 is 0 Å². The monoisotopic (exact) mass is 427 g/mol. The number of amides is 1. The predicted octanol–water partition coefficient (Wildman–Crippen LogP) is 4.20. The van der Waals surface area contributed by atoms with Crippen LogP contribution in [0.4, 0.5) is 5.82 Å². The molecule has 4 aromatic rings. The number of para-hydroxylation sites is 1. The highest BCUT2D eigenvalue weighted by atomic mass is 16.5. The van der Waals surface area contributed by atoms with Crippen LogP contribution in [-0.2, 0) is 11.2 Å². The highest BCUT2D eigenvalue weighted by Crippen LogP contribution is 2.22. The van der Waals surface area contributed by atoms with Crippen molar-refractivity contribution in [2.24, 2.45) is 0 Å². The Hall–Kier alpha value is -4.00. The maximum Gasteiger partial charge on any atom is 0.263 e. The highest BCUT2D eigenvalue weighted by molar-refractivity contribution is 5.91. The predicted molar refractivity (Wildman–Crippen MR) is 123 cm³/mol. The SMILES string of the molecule is Cc1cc(C)nc(-n2nc(C)cc2NC(=O)COc2ccccc2Cc2ccccc2)n1. The number of aromatic nitrogens is 4. The maximum atomic E-state index is 12.7. The molecule has 2 aromatic heterocycles. The number of nitrogens with zero attached hydrogens (tertiary/aromatic N) is 4. The number of benzene rings is 2. The first-order valence-corrected chi connectivity index (χ1v) is 10.4. The second-order valence-electron chi connectivity index (χ2n) is 7.64. The fourth-order valence-electron chi connectivity index (χ4n) is 3.47. The van der Waals surface area contributed by atoms with Gasteiger partial charge in [0.25, 0.3) is 11.9 Å². The summed E-state index contributed by atoms with van der Waals surface area (Å²) in [5, 5.41) is 7.30. The van der Waals surface area contributed by atoms with E-state index < -0.39 is 0 Å². The molecule has 7 heteroatoms. The average molecular weight is 428 g/mol. The number of hydrogen-bond acceptors (Lipinski definition) is 5. The van der Waals surface area contributed by atoms with Crippen LogP contribution in [0.15, 0.2) is 66.7 Å².